The number of alkyl halides is 4. The molecule has 3 rings (SSSR count). The zero-order chi connectivity index (χ0) is 17.3. The number of rotatable bonds is 3. The van der Waals surface area contributed by atoms with Gasteiger partial charge in [0, 0.05) is 5.56 Å². The van der Waals surface area contributed by atoms with Crippen molar-refractivity contribution in [3.63, 3.8) is 0 Å². The average Bonchev–Trinajstić information content (AvgIpc) is 2.56. The fourth-order valence-electron chi connectivity index (χ4n) is 2.78. The summed E-state index contributed by atoms with van der Waals surface area (Å²) in [5.74, 6) is -1.76. The van der Waals surface area contributed by atoms with Crippen LogP contribution >= 0.6 is 11.6 Å². The van der Waals surface area contributed by atoms with Gasteiger partial charge in [0.2, 0.25) is 6.10 Å². The third kappa shape index (κ3) is 3.04. The van der Waals surface area contributed by atoms with Gasteiger partial charge < -0.3 is 4.74 Å². The van der Waals surface area contributed by atoms with Crippen molar-refractivity contribution in [1.29, 1.82) is 0 Å². The number of carbonyl (C=O) groups is 1. The standard InChI is InChI=1S/C18H12ClF3O2/c19-10-15(23)24-17(18(20,21)22)16-13-7-3-1-5-11(13)9-12-6-2-4-8-14(12)16/h1-9,17H,10H2/t17-/m1/s1. The van der Waals surface area contributed by atoms with Gasteiger partial charge in [-0.15, -0.1) is 11.6 Å². The van der Waals surface area contributed by atoms with Gasteiger partial charge in [0.1, 0.15) is 5.88 Å². The molecular formula is C18H12ClF3O2. The van der Waals surface area contributed by atoms with E-state index in [1.54, 1.807) is 48.5 Å². The molecule has 0 aliphatic heterocycles. The molecule has 124 valence electrons. The average molecular weight is 353 g/mol. The number of hydrogen-bond donors (Lipinski definition) is 0. The van der Waals surface area contributed by atoms with Crippen LogP contribution in [0.25, 0.3) is 21.5 Å². The lowest BCUT2D eigenvalue weighted by Gasteiger charge is -2.23. The minimum atomic E-state index is -4.76. The second-order valence-electron chi connectivity index (χ2n) is 5.28. The van der Waals surface area contributed by atoms with Gasteiger partial charge in [-0.1, -0.05) is 48.5 Å². The molecule has 6 heteroatoms. The molecule has 1 atom stereocenters. The minimum absolute atomic E-state index is 0.0744. The van der Waals surface area contributed by atoms with Crippen LogP contribution in [0.2, 0.25) is 0 Å². The van der Waals surface area contributed by atoms with Crippen LogP contribution < -0.4 is 0 Å². The van der Waals surface area contributed by atoms with Crippen LogP contribution in [0, 0.1) is 0 Å². The lowest BCUT2D eigenvalue weighted by molar-refractivity contribution is -0.222. The summed E-state index contributed by atoms with van der Waals surface area (Å²) in [4.78, 5) is 11.5. The Labute approximate surface area is 140 Å². The molecule has 0 N–H and O–H groups in total. The number of hydrogen-bond acceptors (Lipinski definition) is 2. The third-order valence-electron chi connectivity index (χ3n) is 3.73. The molecule has 0 radical (unpaired) electrons. The molecule has 2 nitrogen and oxygen atoms in total. The van der Waals surface area contributed by atoms with E-state index in [0.717, 1.165) is 0 Å². The lowest BCUT2D eigenvalue weighted by Crippen LogP contribution is -2.27. The van der Waals surface area contributed by atoms with Crippen molar-refractivity contribution in [3.05, 3.63) is 60.2 Å². The zero-order valence-electron chi connectivity index (χ0n) is 12.3. The largest absolute Gasteiger partial charge is 0.447 e. The van der Waals surface area contributed by atoms with Gasteiger partial charge in [0.05, 0.1) is 0 Å². The highest BCUT2D eigenvalue weighted by Gasteiger charge is 2.45. The van der Waals surface area contributed by atoms with Crippen molar-refractivity contribution in [1.82, 2.24) is 0 Å². The first-order valence-corrected chi connectivity index (χ1v) is 7.68. The first-order chi connectivity index (χ1) is 11.4. The minimum Gasteiger partial charge on any atom is -0.447 e. The first-order valence-electron chi connectivity index (χ1n) is 7.14. The molecule has 3 aromatic rings. The second kappa shape index (κ2) is 6.32. The second-order valence-corrected chi connectivity index (χ2v) is 5.54. The topological polar surface area (TPSA) is 26.3 Å². The summed E-state index contributed by atoms with van der Waals surface area (Å²) in [6.45, 7) is 0. The number of ether oxygens (including phenoxy) is 1. The van der Waals surface area contributed by atoms with E-state index in [2.05, 4.69) is 4.74 Å². The number of benzene rings is 3. The monoisotopic (exact) mass is 352 g/mol. The van der Waals surface area contributed by atoms with E-state index in [9.17, 15) is 18.0 Å². The molecule has 0 heterocycles. The molecule has 0 aromatic heterocycles. The molecular weight excluding hydrogens is 341 g/mol. The van der Waals surface area contributed by atoms with Gasteiger partial charge >= 0.3 is 12.1 Å². The van der Waals surface area contributed by atoms with E-state index in [4.69, 9.17) is 11.6 Å². The van der Waals surface area contributed by atoms with Crippen LogP contribution in [0.5, 0.6) is 0 Å². The molecule has 0 aliphatic rings. The molecule has 24 heavy (non-hydrogen) atoms. The fourth-order valence-corrected chi connectivity index (χ4v) is 2.85. The molecule has 0 aliphatic carbocycles. The predicted molar refractivity (Wildman–Crippen MR) is 87.1 cm³/mol. The third-order valence-corrected chi connectivity index (χ3v) is 3.95. The molecule has 0 saturated heterocycles. The van der Waals surface area contributed by atoms with E-state index in [-0.39, 0.29) is 5.56 Å². The Hall–Kier alpha value is -2.27. The molecule has 0 spiro atoms. The Morgan fingerprint density at radius 2 is 1.50 bits per heavy atom. The summed E-state index contributed by atoms with van der Waals surface area (Å²) in [7, 11) is 0. The summed E-state index contributed by atoms with van der Waals surface area (Å²) in [6, 6.07) is 15.2. The lowest BCUT2D eigenvalue weighted by atomic mass is 9.93. The predicted octanol–water partition coefficient (Wildman–Crippen LogP) is 5.38. The molecule has 0 saturated carbocycles. The van der Waals surface area contributed by atoms with Crippen LogP contribution in [0.3, 0.4) is 0 Å². The number of fused-ring (bicyclic) bond motifs is 2. The van der Waals surface area contributed by atoms with Crippen molar-refractivity contribution in [2.45, 2.75) is 12.3 Å². The van der Waals surface area contributed by atoms with Crippen LogP contribution in [0.1, 0.15) is 11.7 Å². The maximum atomic E-state index is 13.6. The molecule has 0 unspecified atom stereocenters. The highest BCUT2D eigenvalue weighted by atomic mass is 35.5. The highest BCUT2D eigenvalue weighted by molar-refractivity contribution is 6.26. The highest BCUT2D eigenvalue weighted by Crippen LogP contribution is 2.42. The molecule has 0 bridgehead atoms. The van der Waals surface area contributed by atoms with Gasteiger partial charge in [-0.25, -0.2) is 0 Å². The number of esters is 1. The Morgan fingerprint density at radius 1 is 1.00 bits per heavy atom. The van der Waals surface area contributed by atoms with Crippen LogP contribution in [-0.4, -0.2) is 18.0 Å². The molecule has 0 fully saturated rings. The van der Waals surface area contributed by atoms with Crippen molar-refractivity contribution >= 4 is 39.1 Å². The number of carbonyl (C=O) groups excluding carboxylic acids is 1. The Morgan fingerprint density at radius 3 is 1.96 bits per heavy atom. The summed E-state index contributed by atoms with van der Waals surface area (Å²) >= 11 is 5.33. The van der Waals surface area contributed by atoms with Crippen LogP contribution in [0.4, 0.5) is 13.2 Å². The maximum Gasteiger partial charge on any atom is 0.429 e. The van der Waals surface area contributed by atoms with E-state index in [0.29, 0.717) is 21.5 Å². The summed E-state index contributed by atoms with van der Waals surface area (Å²) in [5.41, 5.74) is -0.0744. The van der Waals surface area contributed by atoms with E-state index in [1.165, 1.54) is 0 Å². The van der Waals surface area contributed by atoms with E-state index < -0.39 is 24.1 Å². The van der Waals surface area contributed by atoms with Gasteiger partial charge in [0.15, 0.2) is 0 Å². The summed E-state index contributed by atoms with van der Waals surface area (Å²) in [6.07, 6.45) is -7.13. The summed E-state index contributed by atoms with van der Waals surface area (Å²) < 4.78 is 45.6. The fraction of sp³-hybridized carbons (Fsp3) is 0.167. The Bertz CT molecular complexity index is 852. The molecule has 0 amide bonds. The van der Waals surface area contributed by atoms with Crippen LogP contribution in [0.15, 0.2) is 54.6 Å². The normalized spacial score (nSPS) is 13.2. The van der Waals surface area contributed by atoms with Crippen molar-refractivity contribution in [2.75, 3.05) is 5.88 Å². The van der Waals surface area contributed by atoms with Gasteiger partial charge in [-0.2, -0.15) is 13.2 Å². The zero-order valence-corrected chi connectivity index (χ0v) is 13.1. The van der Waals surface area contributed by atoms with Gasteiger partial charge in [0.25, 0.3) is 0 Å². The van der Waals surface area contributed by atoms with Gasteiger partial charge in [-0.3, -0.25) is 4.79 Å². The Kier molecular flexibility index (Phi) is 4.37. The van der Waals surface area contributed by atoms with Crippen molar-refractivity contribution < 1.29 is 22.7 Å². The van der Waals surface area contributed by atoms with Crippen molar-refractivity contribution in [2.24, 2.45) is 0 Å². The quantitative estimate of drug-likeness (QED) is 0.359. The SMILES string of the molecule is O=C(CCl)O[C@H](c1c2ccccc2cc2ccccc12)C(F)(F)F. The first kappa shape index (κ1) is 16.6. The van der Waals surface area contributed by atoms with Crippen LogP contribution in [-0.2, 0) is 9.53 Å². The number of halogens is 4. The van der Waals surface area contributed by atoms with E-state index >= 15 is 0 Å². The van der Waals surface area contributed by atoms with Gasteiger partial charge in [-0.05, 0) is 27.6 Å². The molecule has 3 aromatic carbocycles. The van der Waals surface area contributed by atoms with E-state index in [1.807, 2.05) is 6.07 Å². The van der Waals surface area contributed by atoms with Crippen molar-refractivity contribution in [3.8, 4) is 0 Å². The summed E-state index contributed by atoms with van der Waals surface area (Å²) in [5, 5.41) is 2.06. The smallest absolute Gasteiger partial charge is 0.429 e. The Balaban J connectivity index is 2.36. The maximum absolute atomic E-state index is 13.6.